The Kier molecular flexibility index (Phi) is 6.98. The van der Waals surface area contributed by atoms with Crippen LogP contribution in [-0.4, -0.2) is 34.6 Å². The van der Waals surface area contributed by atoms with Crippen LogP contribution in [0.15, 0.2) is 47.0 Å². The highest BCUT2D eigenvalue weighted by Gasteiger charge is 2.22. The van der Waals surface area contributed by atoms with Crippen LogP contribution in [-0.2, 0) is 4.79 Å². The van der Waals surface area contributed by atoms with E-state index in [1.165, 1.54) is 44.4 Å². The zero-order valence-corrected chi connectivity index (χ0v) is 17.5. The van der Waals surface area contributed by atoms with Crippen molar-refractivity contribution in [3.05, 3.63) is 79.7 Å². The van der Waals surface area contributed by atoms with Crippen LogP contribution in [0.2, 0.25) is 0 Å². The quantitative estimate of drug-likeness (QED) is 0.372. The van der Waals surface area contributed by atoms with E-state index in [1.807, 2.05) is 0 Å². The Bertz CT molecular complexity index is 1230. The summed E-state index contributed by atoms with van der Waals surface area (Å²) >= 11 is 0. The van der Waals surface area contributed by atoms with E-state index in [9.17, 15) is 25.0 Å². The standard InChI is InChI=1S/C21H18N4O8/c1-13-21(25(29)30)18(33-23-13)9-7-14-6-8-17(19(10-14)31-2)32-12-20(26)22-15-4-3-5-16(11-15)24(27)28/h3-11H,12H2,1-2H3,(H,22,26). The minimum absolute atomic E-state index is 0.00890. The van der Waals surface area contributed by atoms with E-state index in [1.54, 1.807) is 24.3 Å². The van der Waals surface area contributed by atoms with Crippen molar-refractivity contribution in [1.29, 1.82) is 0 Å². The second kappa shape index (κ2) is 10.0. The molecule has 0 aliphatic rings. The Labute approximate surface area is 186 Å². The lowest BCUT2D eigenvalue weighted by molar-refractivity contribution is -0.386. The number of methoxy groups -OCH3 is 1. The van der Waals surface area contributed by atoms with Gasteiger partial charge in [-0.25, -0.2) is 0 Å². The fourth-order valence-corrected chi connectivity index (χ4v) is 2.83. The Morgan fingerprint density at radius 1 is 1.12 bits per heavy atom. The molecule has 1 aromatic heterocycles. The summed E-state index contributed by atoms with van der Waals surface area (Å²) in [6.07, 6.45) is 2.99. The zero-order valence-electron chi connectivity index (χ0n) is 17.5. The minimum Gasteiger partial charge on any atom is -0.493 e. The first-order valence-corrected chi connectivity index (χ1v) is 9.42. The molecular formula is C21H18N4O8. The molecule has 0 bridgehead atoms. The van der Waals surface area contributed by atoms with Gasteiger partial charge in [0.15, 0.2) is 23.8 Å². The predicted octanol–water partition coefficient (Wildman–Crippen LogP) is 4.00. The number of rotatable bonds is 9. The van der Waals surface area contributed by atoms with E-state index in [0.29, 0.717) is 11.3 Å². The van der Waals surface area contributed by atoms with Crippen LogP contribution in [0.4, 0.5) is 17.1 Å². The molecule has 0 saturated heterocycles. The normalized spacial score (nSPS) is 10.7. The van der Waals surface area contributed by atoms with Gasteiger partial charge in [-0.2, -0.15) is 0 Å². The number of ether oxygens (including phenoxy) is 2. The molecule has 1 amide bonds. The summed E-state index contributed by atoms with van der Waals surface area (Å²) in [5.74, 6) is 0.0954. The van der Waals surface area contributed by atoms with Crippen molar-refractivity contribution in [2.75, 3.05) is 19.0 Å². The molecule has 0 aliphatic heterocycles. The van der Waals surface area contributed by atoms with Crippen molar-refractivity contribution in [2.24, 2.45) is 0 Å². The summed E-state index contributed by atoms with van der Waals surface area (Å²) in [6, 6.07) is 10.4. The molecule has 2 aromatic carbocycles. The largest absolute Gasteiger partial charge is 0.493 e. The number of hydrogen-bond donors (Lipinski definition) is 1. The maximum atomic E-state index is 12.2. The number of hydrogen-bond acceptors (Lipinski definition) is 9. The van der Waals surface area contributed by atoms with Gasteiger partial charge >= 0.3 is 5.69 Å². The monoisotopic (exact) mass is 454 g/mol. The van der Waals surface area contributed by atoms with Gasteiger partial charge in [0.05, 0.1) is 17.0 Å². The molecule has 170 valence electrons. The molecule has 0 spiro atoms. The van der Waals surface area contributed by atoms with Crippen molar-refractivity contribution in [3.63, 3.8) is 0 Å². The lowest BCUT2D eigenvalue weighted by Gasteiger charge is -2.11. The molecule has 12 heteroatoms. The number of nitrogens with one attached hydrogen (secondary N) is 1. The lowest BCUT2D eigenvalue weighted by atomic mass is 10.1. The highest BCUT2D eigenvalue weighted by Crippen LogP contribution is 2.30. The van der Waals surface area contributed by atoms with Crippen LogP contribution in [0, 0.1) is 27.2 Å². The number of carbonyl (C=O) groups is 1. The van der Waals surface area contributed by atoms with Crippen LogP contribution >= 0.6 is 0 Å². The van der Waals surface area contributed by atoms with Crippen molar-refractivity contribution in [3.8, 4) is 11.5 Å². The van der Waals surface area contributed by atoms with Crippen LogP contribution in [0.1, 0.15) is 17.0 Å². The van der Waals surface area contributed by atoms with Gasteiger partial charge in [-0.15, -0.1) is 0 Å². The van der Waals surface area contributed by atoms with E-state index in [-0.39, 0.29) is 40.9 Å². The van der Waals surface area contributed by atoms with Gasteiger partial charge in [0.1, 0.15) is 0 Å². The van der Waals surface area contributed by atoms with Gasteiger partial charge < -0.3 is 19.3 Å². The molecule has 3 aromatic rings. The highest BCUT2D eigenvalue weighted by atomic mass is 16.6. The van der Waals surface area contributed by atoms with Gasteiger partial charge in [0.25, 0.3) is 11.6 Å². The summed E-state index contributed by atoms with van der Waals surface area (Å²) < 4.78 is 15.8. The number of nitro groups is 2. The van der Waals surface area contributed by atoms with Crippen LogP contribution < -0.4 is 14.8 Å². The smallest absolute Gasteiger partial charge is 0.338 e. The van der Waals surface area contributed by atoms with Gasteiger partial charge in [-0.1, -0.05) is 23.4 Å². The molecule has 3 rings (SSSR count). The highest BCUT2D eigenvalue weighted by molar-refractivity contribution is 5.92. The number of amides is 1. The third-order valence-electron chi connectivity index (χ3n) is 4.35. The van der Waals surface area contributed by atoms with E-state index < -0.39 is 15.8 Å². The number of benzene rings is 2. The first kappa shape index (κ1) is 22.9. The van der Waals surface area contributed by atoms with Gasteiger partial charge in [0, 0.05) is 17.8 Å². The average Bonchev–Trinajstić information content (AvgIpc) is 3.17. The summed E-state index contributed by atoms with van der Waals surface area (Å²) in [5, 5.41) is 28.1. The molecule has 1 N–H and O–H groups in total. The van der Waals surface area contributed by atoms with E-state index in [2.05, 4.69) is 10.5 Å². The fourth-order valence-electron chi connectivity index (χ4n) is 2.83. The number of nitrogens with zero attached hydrogens (tertiary/aromatic N) is 3. The molecule has 33 heavy (non-hydrogen) atoms. The Morgan fingerprint density at radius 2 is 1.91 bits per heavy atom. The number of aryl methyl sites for hydroxylation is 1. The Morgan fingerprint density at radius 3 is 2.61 bits per heavy atom. The fraction of sp³-hybridized carbons (Fsp3) is 0.143. The third kappa shape index (κ3) is 5.70. The summed E-state index contributed by atoms with van der Waals surface area (Å²) in [6.45, 7) is 1.11. The first-order chi connectivity index (χ1) is 15.8. The molecule has 12 nitrogen and oxygen atoms in total. The molecular weight excluding hydrogens is 436 g/mol. The number of aromatic nitrogens is 1. The second-order valence-electron chi connectivity index (χ2n) is 6.63. The van der Waals surface area contributed by atoms with Crippen molar-refractivity contribution in [2.45, 2.75) is 6.92 Å². The summed E-state index contributed by atoms with van der Waals surface area (Å²) in [7, 11) is 1.42. The van der Waals surface area contributed by atoms with Gasteiger partial charge in [-0.05, 0) is 36.8 Å². The van der Waals surface area contributed by atoms with Crippen LogP contribution in [0.25, 0.3) is 12.2 Å². The molecule has 0 fully saturated rings. The van der Waals surface area contributed by atoms with Gasteiger partial charge in [-0.3, -0.25) is 25.0 Å². The van der Waals surface area contributed by atoms with E-state index >= 15 is 0 Å². The minimum atomic E-state index is -0.568. The van der Waals surface area contributed by atoms with Gasteiger partial charge in [0.2, 0.25) is 5.76 Å². The molecule has 0 unspecified atom stereocenters. The lowest BCUT2D eigenvalue weighted by Crippen LogP contribution is -2.20. The third-order valence-corrected chi connectivity index (χ3v) is 4.35. The average molecular weight is 454 g/mol. The molecule has 0 atom stereocenters. The van der Waals surface area contributed by atoms with E-state index in [0.717, 1.165) is 0 Å². The van der Waals surface area contributed by atoms with Crippen molar-refractivity contribution < 1.29 is 28.6 Å². The molecule has 0 radical (unpaired) electrons. The SMILES string of the molecule is COc1cc(C=Cc2onc(C)c2[N+](=O)[O-])ccc1OCC(=O)Nc1cccc([N+](=O)[O-])c1. The maximum Gasteiger partial charge on any atom is 0.338 e. The second-order valence-corrected chi connectivity index (χ2v) is 6.63. The van der Waals surface area contributed by atoms with Crippen LogP contribution in [0.5, 0.6) is 11.5 Å². The topological polar surface area (TPSA) is 160 Å². The number of nitro benzene ring substituents is 1. The van der Waals surface area contributed by atoms with Crippen LogP contribution in [0.3, 0.4) is 0 Å². The predicted molar refractivity (Wildman–Crippen MR) is 117 cm³/mol. The Balaban J connectivity index is 1.66. The Hall–Kier alpha value is -4.74. The molecule has 0 aliphatic carbocycles. The summed E-state index contributed by atoms with van der Waals surface area (Å²) in [5.41, 5.74) is 0.702. The molecule has 0 saturated carbocycles. The number of anilines is 1. The zero-order chi connectivity index (χ0) is 24.0. The van der Waals surface area contributed by atoms with Crippen molar-refractivity contribution >= 4 is 35.1 Å². The maximum absolute atomic E-state index is 12.2. The van der Waals surface area contributed by atoms with E-state index in [4.69, 9.17) is 14.0 Å². The van der Waals surface area contributed by atoms with Crippen molar-refractivity contribution in [1.82, 2.24) is 5.16 Å². The first-order valence-electron chi connectivity index (χ1n) is 9.42. The summed E-state index contributed by atoms with van der Waals surface area (Å²) in [4.78, 5) is 33.0. The number of non-ortho nitro benzene ring substituents is 1. The molecule has 1 heterocycles. The number of carbonyl (C=O) groups excluding carboxylic acids is 1.